The predicted molar refractivity (Wildman–Crippen MR) is 122 cm³/mol. The Kier molecular flexibility index (Phi) is 8.33. The van der Waals surface area contributed by atoms with Gasteiger partial charge in [-0.1, -0.05) is 43.2 Å². The van der Waals surface area contributed by atoms with Gasteiger partial charge in [0.05, 0.1) is 16.2 Å². The van der Waals surface area contributed by atoms with Crippen LogP contribution in [0.15, 0.2) is 34.2 Å². The van der Waals surface area contributed by atoms with Gasteiger partial charge in [0.1, 0.15) is 0 Å². The molecule has 2 aromatic rings. The first-order chi connectivity index (χ1) is 14.6. The molecule has 1 atom stereocenters. The highest BCUT2D eigenvalue weighted by Gasteiger charge is 2.29. The fourth-order valence-electron chi connectivity index (χ4n) is 4.23. The molecule has 1 aromatic carbocycles. The molecule has 164 valence electrons. The lowest BCUT2D eigenvalue weighted by Gasteiger charge is -2.35. The Balaban J connectivity index is 1.86. The van der Waals surface area contributed by atoms with Crippen LogP contribution in [-0.2, 0) is 16.1 Å². The van der Waals surface area contributed by atoms with Crippen molar-refractivity contribution in [3.05, 3.63) is 34.6 Å². The van der Waals surface area contributed by atoms with Gasteiger partial charge in [-0.2, -0.15) is 0 Å². The Bertz CT molecular complexity index is 908. The van der Waals surface area contributed by atoms with Crippen molar-refractivity contribution in [1.29, 1.82) is 0 Å². The van der Waals surface area contributed by atoms with E-state index in [9.17, 15) is 9.59 Å². The van der Waals surface area contributed by atoms with Crippen molar-refractivity contribution in [2.24, 2.45) is 0 Å². The highest BCUT2D eigenvalue weighted by Crippen LogP contribution is 2.28. The number of carbonyl (C=O) groups is 1. The molecule has 0 radical (unpaired) electrons. The second-order valence-corrected chi connectivity index (χ2v) is 9.20. The number of rotatable bonds is 9. The van der Waals surface area contributed by atoms with Crippen molar-refractivity contribution in [3.63, 3.8) is 0 Å². The monoisotopic (exact) mass is 431 g/mol. The third kappa shape index (κ3) is 5.24. The first-order valence-corrected chi connectivity index (χ1v) is 11.9. The minimum atomic E-state index is -0.298. The van der Waals surface area contributed by atoms with E-state index in [1.807, 2.05) is 36.1 Å². The van der Waals surface area contributed by atoms with Gasteiger partial charge >= 0.3 is 0 Å². The van der Waals surface area contributed by atoms with Gasteiger partial charge in [0, 0.05) is 32.8 Å². The summed E-state index contributed by atoms with van der Waals surface area (Å²) in [6.07, 6.45) is 6.55. The number of aromatic nitrogens is 2. The first kappa shape index (κ1) is 22.8. The molecule has 7 heteroatoms. The van der Waals surface area contributed by atoms with Gasteiger partial charge in [0.25, 0.3) is 5.56 Å². The van der Waals surface area contributed by atoms with E-state index in [-0.39, 0.29) is 16.7 Å². The molecule has 0 spiro atoms. The van der Waals surface area contributed by atoms with Crippen molar-refractivity contribution in [2.45, 2.75) is 75.4 Å². The van der Waals surface area contributed by atoms with E-state index in [1.165, 1.54) is 31.0 Å². The number of ether oxygens (including phenoxy) is 1. The minimum Gasteiger partial charge on any atom is -0.385 e. The van der Waals surface area contributed by atoms with Crippen LogP contribution in [0, 0.1) is 0 Å². The molecule has 1 aromatic heterocycles. The molecule has 0 saturated heterocycles. The molecule has 1 aliphatic carbocycles. The van der Waals surface area contributed by atoms with Crippen LogP contribution in [0.1, 0.15) is 52.4 Å². The Morgan fingerprint density at radius 3 is 2.73 bits per heavy atom. The van der Waals surface area contributed by atoms with Crippen LogP contribution >= 0.6 is 11.8 Å². The highest BCUT2D eigenvalue weighted by atomic mass is 32.2. The average molecular weight is 432 g/mol. The summed E-state index contributed by atoms with van der Waals surface area (Å²) in [7, 11) is 1.66. The quantitative estimate of drug-likeness (QED) is 0.340. The molecule has 0 bridgehead atoms. The lowest BCUT2D eigenvalue weighted by atomic mass is 9.94. The summed E-state index contributed by atoms with van der Waals surface area (Å²) in [4.78, 5) is 33.2. The van der Waals surface area contributed by atoms with Gasteiger partial charge in [-0.3, -0.25) is 14.2 Å². The zero-order valence-corrected chi connectivity index (χ0v) is 19.1. The van der Waals surface area contributed by atoms with Crippen molar-refractivity contribution in [2.75, 3.05) is 20.3 Å². The van der Waals surface area contributed by atoms with Gasteiger partial charge in [-0.15, -0.1) is 0 Å². The molecular weight excluding hydrogens is 398 g/mol. The average Bonchev–Trinajstić information content (AvgIpc) is 2.77. The van der Waals surface area contributed by atoms with Crippen molar-refractivity contribution >= 4 is 28.6 Å². The van der Waals surface area contributed by atoms with Crippen LogP contribution in [-0.4, -0.2) is 51.9 Å². The molecule has 1 saturated carbocycles. The van der Waals surface area contributed by atoms with Crippen LogP contribution in [0.3, 0.4) is 0 Å². The zero-order chi connectivity index (χ0) is 21.5. The number of methoxy groups -OCH3 is 1. The van der Waals surface area contributed by atoms with Gasteiger partial charge < -0.3 is 9.64 Å². The number of fused-ring (bicyclic) bond motifs is 1. The van der Waals surface area contributed by atoms with Gasteiger partial charge in [-0.05, 0) is 45.2 Å². The number of para-hydroxylation sites is 1. The summed E-state index contributed by atoms with van der Waals surface area (Å²) in [5.74, 6) is 0.139. The number of nitrogens with zero attached hydrogens (tertiary/aromatic N) is 3. The SMILES string of the molecule is CCN(C(=O)C(C)Sc1nc2ccccc2c(=O)n1CCCOC)C1CCCCC1. The maximum atomic E-state index is 13.3. The van der Waals surface area contributed by atoms with Gasteiger partial charge in [0.2, 0.25) is 5.91 Å². The minimum absolute atomic E-state index is 0.0570. The fraction of sp³-hybridized carbons (Fsp3) is 0.609. The largest absolute Gasteiger partial charge is 0.385 e. The molecule has 0 N–H and O–H groups in total. The summed E-state index contributed by atoms with van der Waals surface area (Å²) >= 11 is 1.39. The molecule has 1 unspecified atom stereocenters. The molecule has 1 heterocycles. The molecule has 30 heavy (non-hydrogen) atoms. The van der Waals surface area contributed by atoms with Crippen molar-refractivity contribution in [1.82, 2.24) is 14.5 Å². The summed E-state index contributed by atoms with van der Waals surface area (Å²) in [6, 6.07) is 7.74. The smallest absolute Gasteiger partial charge is 0.262 e. The van der Waals surface area contributed by atoms with Crippen LogP contribution in [0.5, 0.6) is 0 Å². The van der Waals surface area contributed by atoms with E-state index in [1.54, 1.807) is 11.7 Å². The molecule has 0 aliphatic heterocycles. The van der Waals surface area contributed by atoms with E-state index >= 15 is 0 Å². The lowest BCUT2D eigenvalue weighted by molar-refractivity contribution is -0.133. The number of benzene rings is 1. The maximum absolute atomic E-state index is 13.3. The van der Waals surface area contributed by atoms with Crippen LogP contribution in [0.2, 0.25) is 0 Å². The number of carbonyl (C=O) groups excluding carboxylic acids is 1. The molecule has 1 aliphatic rings. The number of thioether (sulfide) groups is 1. The zero-order valence-electron chi connectivity index (χ0n) is 18.3. The summed E-state index contributed by atoms with van der Waals surface area (Å²) in [6.45, 7) is 5.80. The maximum Gasteiger partial charge on any atom is 0.262 e. The Morgan fingerprint density at radius 2 is 2.03 bits per heavy atom. The normalized spacial score (nSPS) is 16.0. The van der Waals surface area contributed by atoms with E-state index in [0.717, 1.165) is 25.8 Å². The van der Waals surface area contributed by atoms with E-state index in [2.05, 4.69) is 6.92 Å². The van der Waals surface area contributed by atoms with Crippen LogP contribution in [0.25, 0.3) is 10.9 Å². The van der Waals surface area contributed by atoms with E-state index < -0.39 is 0 Å². The third-order valence-electron chi connectivity index (χ3n) is 5.83. The van der Waals surface area contributed by atoms with Crippen molar-refractivity contribution in [3.8, 4) is 0 Å². The molecule has 1 fully saturated rings. The summed E-state index contributed by atoms with van der Waals surface area (Å²) < 4.78 is 6.86. The van der Waals surface area contributed by atoms with Crippen LogP contribution in [0.4, 0.5) is 0 Å². The lowest BCUT2D eigenvalue weighted by Crippen LogP contribution is -2.44. The summed E-state index contributed by atoms with van der Waals surface area (Å²) in [5, 5.41) is 0.916. The number of hydrogen-bond donors (Lipinski definition) is 0. The molecular formula is C23H33N3O3S. The highest BCUT2D eigenvalue weighted by molar-refractivity contribution is 8.00. The Hall–Kier alpha value is -1.86. The predicted octanol–water partition coefficient (Wildman–Crippen LogP) is 4.09. The topological polar surface area (TPSA) is 64.4 Å². The van der Waals surface area contributed by atoms with Crippen molar-refractivity contribution < 1.29 is 9.53 Å². The Morgan fingerprint density at radius 1 is 1.30 bits per heavy atom. The third-order valence-corrected chi connectivity index (χ3v) is 6.90. The molecule has 3 rings (SSSR count). The second-order valence-electron chi connectivity index (χ2n) is 7.89. The standard InChI is InChI=1S/C23H33N3O3S/c1-4-25(18-11-6-5-7-12-18)21(27)17(2)30-23-24-20-14-9-8-13-19(20)22(28)26(23)15-10-16-29-3/h8-9,13-14,17-18H,4-7,10-12,15-16H2,1-3H3. The Labute approximate surface area is 183 Å². The van der Waals surface area contributed by atoms with Crippen LogP contribution < -0.4 is 5.56 Å². The number of hydrogen-bond acceptors (Lipinski definition) is 5. The molecule has 1 amide bonds. The molecule has 6 nitrogen and oxygen atoms in total. The fourth-order valence-corrected chi connectivity index (χ4v) is 5.24. The van der Waals surface area contributed by atoms with E-state index in [4.69, 9.17) is 9.72 Å². The van der Waals surface area contributed by atoms with E-state index in [0.29, 0.717) is 35.3 Å². The second kappa shape index (κ2) is 11.0. The van der Waals surface area contributed by atoms with Gasteiger partial charge in [0.15, 0.2) is 5.16 Å². The van der Waals surface area contributed by atoms with Gasteiger partial charge in [-0.25, -0.2) is 4.98 Å². The first-order valence-electron chi connectivity index (χ1n) is 11.0. The number of amides is 1. The summed E-state index contributed by atoms with van der Waals surface area (Å²) in [5.41, 5.74) is 0.616.